The number of hydrogen-bond donors (Lipinski definition) is 1. The van der Waals surface area contributed by atoms with E-state index in [1.54, 1.807) is 18.1 Å². The van der Waals surface area contributed by atoms with Crippen LogP contribution in [0.3, 0.4) is 0 Å². The summed E-state index contributed by atoms with van der Waals surface area (Å²) in [5.41, 5.74) is 0.985. The van der Waals surface area contributed by atoms with Crippen molar-refractivity contribution in [2.75, 3.05) is 51.7 Å². The van der Waals surface area contributed by atoms with Crippen LogP contribution >= 0.6 is 23.6 Å². The third-order valence-corrected chi connectivity index (χ3v) is 7.18. The molecule has 2 aromatic heterocycles. The number of hydrogen-bond acceptors (Lipinski definition) is 7. The molecule has 1 aliphatic heterocycles. The monoisotopic (exact) mass is 478 g/mol. The molecule has 8 nitrogen and oxygen atoms in total. The summed E-state index contributed by atoms with van der Waals surface area (Å²) < 4.78 is 10.4. The molecule has 0 atom stereocenters. The van der Waals surface area contributed by atoms with Crippen molar-refractivity contribution in [1.82, 2.24) is 14.7 Å². The number of carbonyl (C=O) groups is 2. The van der Waals surface area contributed by atoms with Gasteiger partial charge in [-0.05, 0) is 50.7 Å². The molecule has 0 spiro atoms. The summed E-state index contributed by atoms with van der Waals surface area (Å²) in [6.45, 7) is 10.8. The Balaban J connectivity index is 1.71. The van der Waals surface area contributed by atoms with Crippen molar-refractivity contribution in [2.24, 2.45) is 0 Å². The van der Waals surface area contributed by atoms with Crippen LogP contribution in [0.4, 0.5) is 5.00 Å². The van der Waals surface area contributed by atoms with Gasteiger partial charge in [-0.3, -0.25) is 9.69 Å². The number of methoxy groups -OCH3 is 1. The highest BCUT2D eigenvalue weighted by molar-refractivity contribution is 7.80. The van der Waals surface area contributed by atoms with E-state index in [9.17, 15) is 9.59 Å². The van der Waals surface area contributed by atoms with Gasteiger partial charge in [-0.25, -0.2) is 4.79 Å². The van der Waals surface area contributed by atoms with Crippen LogP contribution < -0.4 is 5.32 Å². The van der Waals surface area contributed by atoms with E-state index in [1.807, 2.05) is 26.0 Å². The highest BCUT2D eigenvalue weighted by Crippen LogP contribution is 2.35. The Morgan fingerprint density at radius 1 is 1.25 bits per heavy atom. The number of nitrogens with one attached hydrogen (secondary N) is 1. The number of amides is 1. The summed E-state index contributed by atoms with van der Waals surface area (Å²) in [7, 11) is 1.34. The van der Waals surface area contributed by atoms with E-state index in [0.29, 0.717) is 39.2 Å². The van der Waals surface area contributed by atoms with Gasteiger partial charge in [0.25, 0.3) is 5.91 Å². The smallest absolute Gasteiger partial charge is 0.341 e. The van der Waals surface area contributed by atoms with Gasteiger partial charge in [0.15, 0.2) is 5.11 Å². The Morgan fingerprint density at radius 2 is 1.94 bits per heavy atom. The number of thiocarbonyl (C=S) groups is 1. The van der Waals surface area contributed by atoms with Crippen LogP contribution in [0.25, 0.3) is 0 Å². The molecule has 0 aliphatic carbocycles. The van der Waals surface area contributed by atoms with Crippen molar-refractivity contribution in [3.8, 4) is 0 Å². The van der Waals surface area contributed by atoms with Gasteiger partial charge >= 0.3 is 5.97 Å². The van der Waals surface area contributed by atoms with Gasteiger partial charge in [0, 0.05) is 39.3 Å². The Labute approximate surface area is 198 Å². The predicted octanol–water partition coefficient (Wildman–Crippen LogP) is 3.43. The fourth-order valence-electron chi connectivity index (χ4n) is 3.72. The molecule has 0 aromatic carbocycles. The van der Waals surface area contributed by atoms with Crippen molar-refractivity contribution >= 4 is 45.5 Å². The second-order valence-electron chi connectivity index (χ2n) is 7.50. The summed E-state index contributed by atoms with van der Waals surface area (Å²) >= 11 is 6.90. The predicted molar refractivity (Wildman–Crippen MR) is 129 cm³/mol. The maximum atomic E-state index is 13.0. The molecular formula is C22H30N4O4S2. The SMILES string of the molecule is CCN(CC)C(=O)c1sc(NC(=S)N2CCN(Cc3ccco3)CC2)c(C(=O)OC)c1C. The van der Waals surface area contributed by atoms with Crippen molar-refractivity contribution in [3.05, 3.63) is 40.2 Å². The molecule has 10 heteroatoms. The summed E-state index contributed by atoms with van der Waals surface area (Å²) in [6.07, 6.45) is 1.69. The first kappa shape index (κ1) is 24.2. The van der Waals surface area contributed by atoms with E-state index in [2.05, 4.69) is 15.1 Å². The van der Waals surface area contributed by atoms with E-state index >= 15 is 0 Å². The van der Waals surface area contributed by atoms with Gasteiger partial charge in [0.1, 0.15) is 10.8 Å². The summed E-state index contributed by atoms with van der Waals surface area (Å²) in [5, 5.41) is 4.30. The van der Waals surface area contributed by atoms with Crippen molar-refractivity contribution < 1.29 is 18.7 Å². The van der Waals surface area contributed by atoms with E-state index in [0.717, 1.165) is 38.5 Å². The zero-order valence-electron chi connectivity index (χ0n) is 19.0. The number of carbonyl (C=O) groups excluding carboxylic acids is 2. The fourth-order valence-corrected chi connectivity index (χ4v) is 5.23. The molecule has 1 saturated heterocycles. The molecule has 1 amide bonds. The van der Waals surface area contributed by atoms with E-state index in [-0.39, 0.29) is 5.91 Å². The minimum absolute atomic E-state index is 0.0897. The molecular weight excluding hydrogens is 448 g/mol. The molecule has 0 saturated carbocycles. The zero-order valence-corrected chi connectivity index (χ0v) is 20.6. The summed E-state index contributed by atoms with van der Waals surface area (Å²) in [5.74, 6) is 0.375. The lowest BCUT2D eigenvalue weighted by molar-refractivity contribution is 0.0601. The van der Waals surface area contributed by atoms with Gasteiger partial charge in [-0.15, -0.1) is 11.3 Å². The number of rotatable bonds is 7. The largest absolute Gasteiger partial charge is 0.468 e. The van der Waals surface area contributed by atoms with E-state index in [4.69, 9.17) is 21.4 Å². The molecule has 2 aromatic rings. The van der Waals surface area contributed by atoms with Crippen LogP contribution in [0.5, 0.6) is 0 Å². The van der Waals surface area contributed by atoms with Gasteiger partial charge < -0.3 is 24.3 Å². The maximum absolute atomic E-state index is 13.0. The van der Waals surface area contributed by atoms with Crippen LogP contribution in [-0.4, -0.2) is 78.1 Å². The summed E-state index contributed by atoms with van der Waals surface area (Å²) in [6, 6.07) is 3.87. The number of esters is 1. The van der Waals surface area contributed by atoms with Crippen molar-refractivity contribution in [2.45, 2.75) is 27.3 Å². The lowest BCUT2D eigenvalue weighted by Gasteiger charge is -2.35. The number of anilines is 1. The average molecular weight is 479 g/mol. The van der Waals surface area contributed by atoms with Crippen LogP contribution in [0.15, 0.2) is 22.8 Å². The minimum atomic E-state index is -0.481. The number of ether oxygens (including phenoxy) is 1. The summed E-state index contributed by atoms with van der Waals surface area (Å²) in [4.78, 5) is 32.1. The number of nitrogens with zero attached hydrogens (tertiary/aromatic N) is 3. The molecule has 32 heavy (non-hydrogen) atoms. The molecule has 174 valence electrons. The number of piperazine rings is 1. The molecule has 0 bridgehead atoms. The Bertz CT molecular complexity index is 946. The first-order valence-electron chi connectivity index (χ1n) is 10.7. The maximum Gasteiger partial charge on any atom is 0.341 e. The molecule has 3 rings (SSSR count). The number of furan rings is 1. The lowest BCUT2D eigenvalue weighted by Crippen LogP contribution is -2.49. The molecule has 1 N–H and O–H groups in total. The second-order valence-corrected chi connectivity index (χ2v) is 8.91. The van der Waals surface area contributed by atoms with E-state index in [1.165, 1.54) is 18.4 Å². The third-order valence-electron chi connectivity index (χ3n) is 5.62. The van der Waals surface area contributed by atoms with Gasteiger partial charge in [-0.1, -0.05) is 0 Å². The van der Waals surface area contributed by atoms with Gasteiger partial charge in [-0.2, -0.15) is 0 Å². The molecule has 3 heterocycles. The van der Waals surface area contributed by atoms with Crippen molar-refractivity contribution in [3.63, 3.8) is 0 Å². The Morgan fingerprint density at radius 3 is 2.50 bits per heavy atom. The van der Waals surface area contributed by atoms with Crippen LogP contribution in [0.2, 0.25) is 0 Å². The quantitative estimate of drug-likeness (QED) is 0.479. The average Bonchev–Trinajstić information content (AvgIpc) is 3.42. The Kier molecular flexibility index (Phi) is 8.27. The number of thiophene rings is 1. The highest BCUT2D eigenvalue weighted by Gasteiger charge is 2.28. The molecule has 0 radical (unpaired) electrons. The highest BCUT2D eigenvalue weighted by atomic mass is 32.1. The fraction of sp³-hybridized carbons (Fsp3) is 0.500. The second kappa shape index (κ2) is 10.9. The van der Waals surface area contributed by atoms with Gasteiger partial charge in [0.2, 0.25) is 0 Å². The Hall–Kier alpha value is -2.43. The third kappa shape index (κ3) is 5.31. The van der Waals surface area contributed by atoms with Gasteiger partial charge in [0.05, 0.1) is 30.4 Å². The van der Waals surface area contributed by atoms with E-state index < -0.39 is 5.97 Å². The molecule has 1 fully saturated rings. The lowest BCUT2D eigenvalue weighted by atomic mass is 10.1. The topological polar surface area (TPSA) is 78.3 Å². The first-order chi connectivity index (χ1) is 15.4. The first-order valence-corrected chi connectivity index (χ1v) is 11.9. The van der Waals surface area contributed by atoms with Crippen molar-refractivity contribution in [1.29, 1.82) is 0 Å². The zero-order chi connectivity index (χ0) is 23.3. The van der Waals surface area contributed by atoms with Crippen LogP contribution in [0, 0.1) is 6.92 Å². The van der Waals surface area contributed by atoms with Crippen LogP contribution in [-0.2, 0) is 11.3 Å². The molecule has 1 aliphatic rings. The standard InChI is InChI=1S/C22H30N4O4S2/c1-5-25(6-2)20(27)18-15(3)17(21(28)29-4)19(32-18)23-22(31)26-11-9-24(10-12-26)14-16-8-7-13-30-16/h7-8,13H,5-6,9-12,14H2,1-4H3,(H,23,31). The minimum Gasteiger partial charge on any atom is -0.468 e. The normalized spacial score (nSPS) is 14.3. The molecule has 0 unspecified atom stereocenters. The van der Waals surface area contributed by atoms with Crippen LogP contribution in [0.1, 0.15) is 45.2 Å².